The van der Waals surface area contributed by atoms with Crippen LogP contribution >= 0.6 is 0 Å². The molecule has 1 aliphatic rings. The summed E-state index contributed by atoms with van der Waals surface area (Å²) in [6.07, 6.45) is 0. The summed E-state index contributed by atoms with van der Waals surface area (Å²) in [5.41, 5.74) is 0.409. The van der Waals surface area contributed by atoms with E-state index in [1.54, 1.807) is 6.92 Å². The Bertz CT molecular complexity index is 727. The summed E-state index contributed by atoms with van der Waals surface area (Å²) in [5, 5.41) is 16.3. The SMILES string of the molecule is CCOC(=O)C1=C(C)NC(=O)N(N=O)C1c1ccc([N+](=O)[O-])cc1. The van der Waals surface area contributed by atoms with Gasteiger partial charge in [0.15, 0.2) is 0 Å². The molecule has 0 radical (unpaired) electrons. The average molecular weight is 334 g/mol. The maximum Gasteiger partial charge on any atom is 0.345 e. The zero-order chi connectivity index (χ0) is 17.9. The lowest BCUT2D eigenvalue weighted by molar-refractivity contribution is -0.384. The number of carbonyl (C=O) groups excluding carboxylic acids is 2. The van der Waals surface area contributed by atoms with E-state index in [0.29, 0.717) is 10.6 Å². The molecule has 1 heterocycles. The van der Waals surface area contributed by atoms with Crippen LogP contribution < -0.4 is 5.32 Å². The third-order valence-electron chi connectivity index (χ3n) is 3.43. The molecule has 10 heteroatoms. The number of nitrogens with zero attached hydrogens (tertiary/aromatic N) is 3. The second-order valence-corrected chi connectivity index (χ2v) is 4.87. The molecule has 1 N–H and O–H groups in total. The minimum Gasteiger partial charge on any atom is -0.463 e. The number of nitrogens with one attached hydrogen (secondary N) is 1. The number of esters is 1. The molecule has 126 valence electrons. The predicted octanol–water partition coefficient (Wildman–Crippen LogP) is 2.18. The molecule has 1 unspecified atom stereocenters. The van der Waals surface area contributed by atoms with E-state index in [1.165, 1.54) is 31.2 Å². The van der Waals surface area contributed by atoms with Gasteiger partial charge in [-0.1, -0.05) is 0 Å². The van der Waals surface area contributed by atoms with Crippen molar-refractivity contribution in [1.29, 1.82) is 0 Å². The monoisotopic (exact) mass is 334 g/mol. The molecule has 0 spiro atoms. The molecule has 0 saturated heterocycles. The van der Waals surface area contributed by atoms with Gasteiger partial charge < -0.3 is 10.1 Å². The summed E-state index contributed by atoms with van der Waals surface area (Å²) in [7, 11) is 0. The molecule has 0 saturated carbocycles. The van der Waals surface area contributed by atoms with Gasteiger partial charge in [0, 0.05) is 17.8 Å². The first-order chi connectivity index (χ1) is 11.4. The highest BCUT2D eigenvalue weighted by Crippen LogP contribution is 2.35. The van der Waals surface area contributed by atoms with Crippen molar-refractivity contribution < 1.29 is 19.2 Å². The third-order valence-corrected chi connectivity index (χ3v) is 3.43. The van der Waals surface area contributed by atoms with E-state index in [0.717, 1.165) is 0 Å². The number of benzene rings is 1. The quantitative estimate of drug-likeness (QED) is 0.380. The van der Waals surface area contributed by atoms with E-state index in [4.69, 9.17) is 4.74 Å². The van der Waals surface area contributed by atoms with Crippen molar-refractivity contribution in [2.45, 2.75) is 19.9 Å². The van der Waals surface area contributed by atoms with Crippen molar-refractivity contribution in [1.82, 2.24) is 10.3 Å². The lowest BCUT2D eigenvalue weighted by Crippen LogP contribution is -2.45. The van der Waals surface area contributed by atoms with Gasteiger partial charge in [0.2, 0.25) is 0 Å². The molecule has 24 heavy (non-hydrogen) atoms. The summed E-state index contributed by atoms with van der Waals surface area (Å²) in [6.45, 7) is 3.21. The maximum absolute atomic E-state index is 12.2. The van der Waals surface area contributed by atoms with Gasteiger partial charge in [0.25, 0.3) is 5.69 Å². The summed E-state index contributed by atoms with van der Waals surface area (Å²) in [5.74, 6) is -0.716. The number of allylic oxidation sites excluding steroid dienone is 1. The molecule has 1 atom stereocenters. The third kappa shape index (κ3) is 3.07. The van der Waals surface area contributed by atoms with E-state index in [9.17, 15) is 24.6 Å². The van der Waals surface area contributed by atoms with E-state index in [1.807, 2.05) is 0 Å². The fraction of sp³-hybridized carbons (Fsp3) is 0.286. The largest absolute Gasteiger partial charge is 0.463 e. The van der Waals surface area contributed by atoms with Gasteiger partial charge in [-0.3, -0.25) is 10.1 Å². The first-order valence-corrected chi connectivity index (χ1v) is 6.96. The molecule has 2 amide bonds. The van der Waals surface area contributed by atoms with Crippen LogP contribution in [0.2, 0.25) is 0 Å². The molecule has 1 aromatic carbocycles. The van der Waals surface area contributed by atoms with E-state index < -0.39 is 23.0 Å². The number of nitro groups is 1. The topological polar surface area (TPSA) is 131 Å². The van der Waals surface area contributed by atoms with Crippen LogP contribution in [0.25, 0.3) is 0 Å². The van der Waals surface area contributed by atoms with Crippen molar-refractivity contribution in [3.8, 4) is 0 Å². The van der Waals surface area contributed by atoms with Gasteiger partial charge in [0.1, 0.15) is 6.04 Å². The number of nitroso groups, excluding NO2 is 1. The van der Waals surface area contributed by atoms with Crippen LogP contribution in [0.1, 0.15) is 25.5 Å². The molecule has 1 aliphatic heterocycles. The Labute approximate surface area is 136 Å². The Hall–Kier alpha value is -3.30. The molecule has 10 nitrogen and oxygen atoms in total. The standard InChI is InChI=1S/C14H14N4O6/c1-3-24-13(19)11-8(2)15-14(20)17(16-21)12(11)9-4-6-10(7-5-9)18(22)23/h4-7,12H,3H2,1-2H3,(H,15,20). The van der Waals surface area contributed by atoms with Crippen molar-refractivity contribution in [2.24, 2.45) is 5.29 Å². The highest BCUT2D eigenvalue weighted by atomic mass is 16.6. The van der Waals surface area contributed by atoms with Gasteiger partial charge in [-0.05, 0) is 31.5 Å². The van der Waals surface area contributed by atoms with Crippen LogP contribution in [-0.2, 0) is 9.53 Å². The molecular weight excluding hydrogens is 320 g/mol. The van der Waals surface area contributed by atoms with Gasteiger partial charge in [-0.25, -0.2) is 9.59 Å². The number of carbonyl (C=O) groups is 2. The lowest BCUT2D eigenvalue weighted by atomic mass is 9.95. The highest BCUT2D eigenvalue weighted by Gasteiger charge is 2.39. The molecule has 1 aromatic rings. The Morgan fingerprint density at radius 1 is 1.42 bits per heavy atom. The first kappa shape index (κ1) is 17.1. The molecule has 0 aliphatic carbocycles. The Kier molecular flexibility index (Phi) is 4.87. The first-order valence-electron chi connectivity index (χ1n) is 6.96. The second-order valence-electron chi connectivity index (χ2n) is 4.87. The summed E-state index contributed by atoms with van der Waals surface area (Å²) >= 11 is 0. The fourth-order valence-corrected chi connectivity index (χ4v) is 2.37. The maximum atomic E-state index is 12.2. The minimum atomic E-state index is -1.13. The zero-order valence-electron chi connectivity index (χ0n) is 12.9. The van der Waals surface area contributed by atoms with Crippen molar-refractivity contribution in [3.63, 3.8) is 0 Å². The molecule has 2 rings (SSSR count). The summed E-state index contributed by atoms with van der Waals surface area (Å²) in [4.78, 5) is 45.4. The van der Waals surface area contributed by atoms with E-state index in [2.05, 4.69) is 10.6 Å². The van der Waals surface area contributed by atoms with Gasteiger partial charge in [-0.15, -0.1) is 4.91 Å². The number of rotatable bonds is 5. The number of non-ortho nitro benzene ring substituents is 1. The number of urea groups is 1. The van der Waals surface area contributed by atoms with Gasteiger partial charge in [0.05, 0.1) is 22.4 Å². The second kappa shape index (κ2) is 6.86. The van der Waals surface area contributed by atoms with Crippen LogP contribution in [0.4, 0.5) is 10.5 Å². The normalized spacial score (nSPS) is 17.3. The average Bonchev–Trinajstić information content (AvgIpc) is 2.54. The Morgan fingerprint density at radius 3 is 2.54 bits per heavy atom. The van der Waals surface area contributed by atoms with Crippen LogP contribution in [0, 0.1) is 15.0 Å². The summed E-state index contributed by atoms with van der Waals surface area (Å²) in [6, 6.07) is 3.19. The fourth-order valence-electron chi connectivity index (χ4n) is 2.37. The Balaban J connectivity index is 2.55. The van der Waals surface area contributed by atoms with Crippen LogP contribution in [0.15, 0.2) is 40.8 Å². The smallest absolute Gasteiger partial charge is 0.345 e. The number of ether oxygens (including phenoxy) is 1. The molecule has 0 bridgehead atoms. The Morgan fingerprint density at radius 2 is 2.04 bits per heavy atom. The van der Waals surface area contributed by atoms with Crippen molar-refractivity contribution in [3.05, 3.63) is 56.1 Å². The number of hydrogen-bond acceptors (Lipinski definition) is 7. The van der Waals surface area contributed by atoms with Crippen molar-refractivity contribution >= 4 is 17.7 Å². The highest BCUT2D eigenvalue weighted by molar-refractivity contribution is 5.94. The van der Waals surface area contributed by atoms with Crippen molar-refractivity contribution in [2.75, 3.05) is 6.61 Å². The lowest BCUT2D eigenvalue weighted by Gasteiger charge is -2.32. The van der Waals surface area contributed by atoms with E-state index in [-0.39, 0.29) is 23.6 Å². The van der Waals surface area contributed by atoms with E-state index >= 15 is 0 Å². The number of nitro benzene ring substituents is 1. The molecule has 0 fully saturated rings. The van der Waals surface area contributed by atoms with Gasteiger partial charge >= 0.3 is 12.0 Å². The zero-order valence-corrected chi connectivity index (χ0v) is 12.9. The number of hydrogen-bond donors (Lipinski definition) is 1. The minimum absolute atomic E-state index is 0.0323. The van der Waals surface area contributed by atoms with Crippen LogP contribution in [-0.4, -0.2) is 28.5 Å². The number of amides is 2. The summed E-state index contributed by atoms with van der Waals surface area (Å²) < 4.78 is 4.97. The molecular formula is C14H14N4O6. The van der Waals surface area contributed by atoms with Crippen LogP contribution in [0.5, 0.6) is 0 Å². The van der Waals surface area contributed by atoms with Gasteiger partial charge in [-0.2, -0.15) is 5.01 Å². The molecule has 0 aromatic heterocycles. The predicted molar refractivity (Wildman–Crippen MR) is 81.3 cm³/mol. The van der Waals surface area contributed by atoms with Crippen LogP contribution in [0.3, 0.4) is 0 Å².